The first-order chi connectivity index (χ1) is 15.4. The molecule has 0 aliphatic heterocycles. The third-order valence-corrected chi connectivity index (χ3v) is 6.27. The molecule has 0 bridgehead atoms. The topological polar surface area (TPSA) is 78.6 Å². The van der Waals surface area contributed by atoms with Crippen LogP contribution in [0.15, 0.2) is 82.3 Å². The van der Waals surface area contributed by atoms with E-state index in [0.717, 1.165) is 16.7 Å². The van der Waals surface area contributed by atoms with Gasteiger partial charge in [0.2, 0.25) is 0 Å². The van der Waals surface area contributed by atoms with E-state index in [1.807, 2.05) is 42.5 Å². The molecule has 164 valence electrons. The van der Waals surface area contributed by atoms with E-state index < -0.39 is 9.84 Å². The molecule has 1 aromatic heterocycles. The largest absolute Gasteiger partial charge is 0.496 e. The van der Waals surface area contributed by atoms with E-state index in [1.54, 1.807) is 44.7 Å². The zero-order valence-corrected chi connectivity index (χ0v) is 18.8. The Balaban J connectivity index is 1.77. The molecule has 0 atom stereocenters. The lowest BCUT2D eigenvalue weighted by molar-refractivity contribution is 0.398. The molecule has 7 heteroatoms. The van der Waals surface area contributed by atoms with Gasteiger partial charge in [-0.15, -0.1) is 0 Å². The fourth-order valence-corrected chi connectivity index (χ4v) is 4.21. The Morgan fingerprint density at radius 2 is 1.62 bits per heavy atom. The first-order valence-electron chi connectivity index (χ1n) is 9.95. The SMILES string of the molecule is COc1ccc(-c2ccc(S(C)(=O)=O)cc2)c(OC)c1-c1coc(Cc2ccccc2)n1. The van der Waals surface area contributed by atoms with E-state index in [9.17, 15) is 8.42 Å². The lowest BCUT2D eigenvalue weighted by atomic mass is 9.99. The summed E-state index contributed by atoms with van der Waals surface area (Å²) in [4.78, 5) is 4.93. The molecule has 0 aliphatic carbocycles. The zero-order chi connectivity index (χ0) is 22.7. The second kappa shape index (κ2) is 8.88. The summed E-state index contributed by atoms with van der Waals surface area (Å²) in [6.45, 7) is 0. The Morgan fingerprint density at radius 1 is 0.906 bits per heavy atom. The van der Waals surface area contributed by atoms with Crippen LogP contribution in [-0.4, -0.2) is 33.9 Å². The summed E-state index contributed by atoms with van der Waals surface area (Å²) >= 11 is 0. The van der Waals surface area contributed by atoms with Crippen LogP contribution in [0.5, 0.6) is 11.5 Å². The molecule has 0 amide bonds. The molecule has 6 nitrogen and oxygen atoms in total. The van der Waals surface area contributed by atoms with E-state index in [-0.39, 0.29) is 4.90 Å². The maximum atomic E-state index is 11.8. The number of hydrogen-bond acceptors (Lipinski definition) is 6. The van der Waals surface area contributed by atoms with Gasteiger partial charge in [0.05, 0.1) is 24.7 Å². The average molecular weight is 450 g/mol. The number of hydrogen-bond donors (Lipinski definition) is 0. The van der Waals surface area contributed by atoms with Crippen LogP contribution >= 0.6 is 0 Å². The van der Waals surface area contributed by atoms with Gasteiger partial charge in [0.1, 0.15) is 23.5 Å². The molecule has 3 aromatic carbocycles. The molecule has 4 rings (SSSR count). The van der Waals surface area contributed by atoms with Crippen LogP contribution in [0.3, 0.4) is 0 Å². The van der Waals surface area contributed by atoms with Gasteiger partial charge < -0.3 is 13.9 Å². The van der Waals surface area contributed by atoms with Gasteiger partial charge in [-0.25, -0.2) is 13.4 Å². The summed E-state index contributed by atoms with van der Waals surface area (Å²) in [5.74, 6) is 1.74. The van der Waals surface area contributed by atoms with Crippen molar-refractivity contribution in [2.45, 2.75) is 11.3 Å². The molecule has 0 saturated heterocycles. The van der Waals surface area contributed by atoms with Crippen LogP contribution in [-0.2, 0) is 16.3 Å². The van der Waals surface area contributed by atoms with Gasteiger partial charge in [0.15, 0.2) is 15.7 Å². The Morgan fingerprint density at radius 3 is 2.25 bits per heavy atom. The molecule has 4 aromatic rings. The summed E-state index contributed by atoms with van der Waals surface area (Å²) in [7, 11) is -0.108. The van der Waals surface area contributed by atoms with Crippen LogP contribution in [0.2, 0.25) is 0 Å². The first-order valence-corrected chi connectivity index (χ1v) is 11.8. The van der Waals surface area contributed by atoms with Crippen molar-refractivity contribution in [3.8, 4) is 33.9 Å². The fraction of sp³-hybridized carbons (Fsp3) is 0.160. The number of aromatic nitrogens is 1. The van der Waals surface area contributed by atoms with Crippen LogP contribution in [0.1, 0.15) is 11.5 Å². The molecule has 1 heterocycles. The molecule has 0 radical (unpaired) electrons. The maximum Gasteiger partial charge on any atom is 0.198 e. The van der Waals surface area contributed by atoms with Crippen molar-refractivity contribution < 1.29 is 22.3 Å². The quantitative estimate of drug-likeness (QED) is 0.394. The van der Waals surface area contributed by atoms with E-state index in [4.69, 9.17) is 13.9 Å². The Labute approximate surface area is 187 Å². The van der Waals surface area contributed by atoms with Crippen LogP contribution < -0.4 is 9.47 Å². The lowest BCUT2D eigenvalue weighted by Gasteiger charge is -2.16. The molecular weight excluding hydrogens is 426 g/mol. The summed E-state index contributed by atoms with van der Waals surface area (Å²) in [5, 5.41) is 0. The predicted molar refractivity (Wildman–Crippen MR) is 123 cm³/mol. The highest BCUT2D eigenvalue weighted by Crippen LogP contribution is 2.44. The summed E-state index contributed by atoms with van der Waals surface area (Å²) in [6, 6.07) is 20.4. The standard InChI is InChI=1S/C25H23NO5S/c1-29-22-14-13-20(18-9-11-19(12-10-18)32(3,27)28)25(30-2)24(22)21-16-31-23(26-21)15-17-7-5-4-6-8-17/h4-14,16H,15H2,1-3H3. The number of ether oxygens (including phenoxy) is 2. The smallest absolute Gasteiger partial charge is 0.198 e. The summed E-state index contributed by atoms with van der Waals surface area (Å²) in [5.41, 5.74) is 3.96. The second-order valence-electron chi connectivity index (χ2n) is 7.31. The van der Waals surface area contributed by atoms with Crippen molar-refractivity contribution in [2.24, 2.45) is 0 Å². The van der Waals surface area contributed by atoms with Crippen molar-refractivity contribution in [3.63, 3.8) is 0 Å². The Bertz CT molecular complexity index is 1330. The molecule has 0 fully saturated rings. The van der Waals surface area contributed by atoms with Gasteiger partial charge in [0.25, 0.3) is 0 Å². The number of sulfone groups is 1. The third-order valence-electron chi connectivity index (χ3n) is 5.14. The van der Waals surface area contributed by atoms with Crippen LogP contribution in [0.25, 0.3) is 22.4 Å². The predicted octanol–water partition coefficient (Wildman–Crippen LogP) is 5.02. The van der Waals surface area contributed by atoms with Crippen molar-refractivity contribution in [3.05, 3.63) is 84.4 Å². The van der Waals surface area contributed by atoms with Crippen LogP contribution in [0.4, 0.5) is 0 Å². The van der Waals surface area contributed by atoms with E-state index in [1.165, 1.54) is 6.26 Å². The number of oxazole rings is 1. The molecule has 0 aliphatic rings. The van der Waals surface area contributed by atoms with Crippen molar-refractivity contribution in [1.29, 1.82) is 0 Å². The molecule has 0 unspecified atom stereocenters. The highest BCUT2D eigenvalue weighted by molar-refractivity contribution is 7.90. The molecule has 32 heavy (non-hydrogen) atoms. The highest BCUT2D eigenvalue weighted by atomic mass is 32.2. The van der Waals surface area contributed by atoms with Gasteiger partial charge >= 0.3 is 0 Å². The fourth-order valence-electron chi connectivity index (χ4n) is 3.58. The number of rotatable bonds is 7. The third kappa shape index (κ3) is 4.38. The minimum Gasteiger partial charge on any atom is -0.496 e. The van der Waals surface area contributed by atoms with Crippen molar-refractivity contribution >= 4 is 9.84 Å². The van der Waals surface area contributed by atoms with E-state index in [0.29, 0.717) is 35.1 Å². The van der Waals surface area contributed by atoms with Crippen molar-refractivity contribution in [2.75, 3.05) is 20.5 Å². The van der Waals surface area contributed by atoms with Crippen molar-refractivity contribution in [1.82, 2.24) is 4.98 Å². The maximum absolute atomic E-state index is 11.8. The van der Waals surface area contributed by atoms with E-state index >= 15 is 0 Å². The van der Waals surface area contributed by atoms with Crippen LogP contribution in [0, 0.1) is 0 Å². The number of methoxy groups -OCH3 is 2. The number of nitrogens with zero attached hydrogens (tertiary/aromatic N) is 1. The minimum atomic E-state index is -3.28. The van der Waals surface area contributed by atoms with Gasteiger partial charge in [0, 0.05) is 18.2 Å². The molecule has 0 N–H and O–H groups in total. The Kier molecular flexibility index (Phi) is 6.01. The van der Waals surface area contributed by atoms with Gasteiger partial charge in [-0.2, -0.15) is 0 Å². The lowest BCUT2D eigenvalue weighted by Crippen LogP contribution is -1.98. The molecular formula is C25H23NO5S. The Hall–Kier alpha value is -3.58. The minimum absolute atomic E-state index is 0.260. The summed E-state index contributed by atoms with van der Waals surface area (Å²) in [6.07, 6.45) is 3.35. The first kappa shape index (κ1) is 21.6. The zero-order valence-electron chi connectivity index (χ0n) is 18.0. The molecule has 0 spiro atoms. The summed E-state index contributed by atoms with van der Waals surface area (Å²) < 4.78 is 40.7. The monoisotopic (exact) mass is 449 g/mol. The average Bonchev–Trinajstić information content (AvgIpc) is 3.26. The highest BCUT2D eigenvalue weighted by Gasteiger charge is 2.21. The number of benzene rings is 3. The van der Waals surface area contributed by atoms with Gasteiger partial charge in [-0.1, -0.05) is 42.5 Å². The second-order valence-corrected chi connectivity index (χ2v) is 9.32. The molecule has 0 saturated carbocycles. The van der Waals surface area contributed by atoms with Gasteiger partial charge in [-0.05, 0) is 35.4 Å². The van der Waals surface area contributed by atoms with E-state index in [2.05, 4.69) is 4.98 Å². The normalized spacial score (nSPS) is 11.3. The van der Waals surface area contributed by atoms with Gasteiger partial charge in [-0.3, -0.25) is 0 Å².